The van der Waals surface area contributed by atoms with Crippen LogP contribution in [0.5, 0.6) is 0 Å². The quantitative estimate of drug-likeness (QED) is 0.703. The van der Waals surface area contributed by atoms with Gasteiger partial charge in [0.05, 0.1) is 11.9 Å². The lowest BCUT2D eigenvalue weighted by Crippen LogP contribution is -2.42. The minimum Gasteiger partial charge on any atom is -0.368 e. The van der Waals surface area contributed by atoms with E-state index < -0.39 is 22.0 Å². The summed E-state index contributed by atoms with van der Waals surface area (Å²) in [5.74, 6) is -0.412. The minimum absolute atomic E-state index is 0.0968. The zero-order valence-electron chi connectivity index (χ0n) is 8.33. The number of sulfonamides is 1. The summed E-state index contributed by atoms with van der Waals surface area (Å²) in [6.45, 7) is 3.18. The molecule has 1 aliphatic heterocycles. The van der Waals surface area contributed by atoms with Gasteiger partial charge in [-0.2, -0.15) is 4.72 Å². The van der Waals surface area contributed by atoms with E-state index in [0.29, 0.717) is 11.3 Å². The van der Waals surface area contributed by atoms with E-state index in [9.17, 15) is 12.8 Å². The van der Waals surface area contributed by atoms with Crippen LogP contribution in [0.4, 0.5) is 10.1 Å². The van der Waals surface area contributed by atoms with Gasteiger partial charge in [0.2, 0.25) is 10.0 Å². The molecule has 2 N–H and O–H groups in total. The lowest BCUT2D eigenvalue weighted by molar-refractivity contribution is 0.563. The number of rotatable bonds is 0. The average molecular weight is 230 g/mol. The number of benzene rings is 1. The molecule has 0 radical (unpaired) electrons. The Morgan fingerprint density at radius 2 is 2.07 bits per heavy atom. The highest BCUT2D eigenvalue weighted by Crippen LogP contribution is 2.28. The van der Waals surface area contributed by atoms with Gasteiger partial charge in [-0.25, -0.2) is 12.8 Å². The zero-order valence-corrected chi connectivity index (χ0v) is 9.15. The maximum absolute atomic E-state index is 13.2. The molecule has 0 spiro atoms. The molecule has 0 bridgehead atoms. The SMILES string of the molecule is Cc1cc2c(cc1F)NC(C)NS2(=O)=O. The maximum atomic E-state index is 13.2. The smallest absolute Gasteiger partial charge is 0.244 e. The van der Waals surface area contributed by atoms with E-state index in [-0.39, 0.29) is 4.90 Å². The van der Waals surface area contributed by atoms with Crippen molar-refractivity contribution < 1.29 is 12.8 Å². The molecular weight excluding hydrogens is 219 g/mol. The van der Waals surface area contributed by atoms with Gasteiger partial charge in [0, 0.05) is 0 Å². The number of hydrogen-bond donors (Lipinski definition) is 2. The zero-order chi connectivity index (χ0) is 11.2. The third-order valence-corrected chi connectivity index (χ3v) is 3.83. The second-order valence-electron chi connectivity index (χ2n) is 3.58. The standard InChI is InChI=1S/C9H11FN2O2S/c1-5-3-9-8(4-7(5)10)11-6(2)12-15(9,13)14/h3-4,6,11-12H,1-2H3. The molecule has 0 aromatic heterocycles. The summed E-state index contributed by atoms with van der Waals surface area (Å²) in [6, 6.07) is 2.53. The van der Waals surface area contributed by atoms with E-state index >= 15 is 0 Å². The van der Waals surface area contributed by atoms with Crippen molar-refractivity contribution in [2.24, 2.45) is 0 Å². The molecule has 0 aliphatic carbocycles. The number of nitrogens with one attached hydrogen (secondary N) is 2. The highest BCUT2D eigenvalue weighted by Gasteiger charge is 2.27. The van der Waals surface area contributed by atoms with Gasteiger partial charge >= 0.3 is 0 Å². The largest absolute Gasteiger partial charge is 0.368 e. The highest BCUT2D eigenvalue weighted by molar-refractivity contribution is 7.89. The summed E-state index contributed by atoms with van der Waals surface area (Å²) in [6.07, 6.45) is -0.426. The van der Waals surface area contributed by atoms with Crippen molar-refractivity contribution in [1.29, 1.82) is 0 Å². The molecule has 2 rings (SSSR count). The average Bonchev–Trinajstić information content (AvgIpc) is 2.07. The van der Waals surface area contributed by atoms with Crippen molar-refractivity contribution in [3.63, 3.8) is 0 Å². The van der Waals surface area contributed by atoms with Crippen molar-refractivity contribution in [2.75, 3.05) is 5.32 Å². The summed E-state index contributed by atoms with van der Waals surface area (Å²) >= 11 is 0. The van der Waals surface area contributed by atoms with Gasteiger partial charge in [-0.3, -0.25) is 0 Å². The van der Waals surface area contributed by atoms with E-state index in [4.69, 9.17) is 0 Å². The van der Waals surface area contributed by atoms with E-state index in [1.165, 1.54) is 19.1 Å². The monoisotopic (exact) mass is 230 g/mol. The van der Waals surface area contributed by atoms with Gasteiger partial charge in [0.15, 0.2) is 0 Å². The van der Waals surface area contributed by atoms with Crippen molar-refractivity contribution in [2.45, 2.75) is 24.9 Å². The molecule has 6 heteroatoms. The second-order valence-corrected chi connectivity index (χ2v) is 5.27. The van der Waals surface area contributed by atoms with Gasteiger partial charge in [0.25, 0.3) is 0 Å². The predicted octanol–water partition coefficient (Wildman–Crippen LogP) is 1.18. The molecular formula is C9H11FN2O2S. The molecule has 1 aromatic rings. The van der Waals surface area contributed by atoms with Crippen LogP contribution in [0.15, 0.2) is 17.0 Å². The van der Waals surface area contributed by atoms with Crippen molar-refractivity contribution in [3.05, 3.63) is 23.5 Å². The van der Waals surface area contributed by atoms with Gasteiger partial charge < -0.3 is 5.32 Å². The summed E-state index contributed by atoms with van der Waals surface area (Å²) in [5, 5.41) is 2.85. The van der Waals surface area contributed by atoms with E-state index in [1.807, 2.05) is 0 Å². The van der Waals surface area contributed by atoms with Crippen molar-refractivity contribution in [1.82, 2.24) is 4.72 Å². The molecule has 15 heavy (non-hydrogen) atoms. The Labute approximate surface area is 87.5 Å². The molecule has 0 saturated carbocycles. The fourth-order valence-electron chi connectivity index (χ4n) is 1.55. The summed E-state index contributed by atoms with van der Waals surface area (Å²) in [4.78, 5) is 0.0968. The predicted molar refractivity (Wildman–Crippen MR) is 54.5 cm³/mol. The lowest BCUT2D eigenvalue weighted by Gasteiger charge is -2.25. The van der Waals surface area contributed by atoms with Crippen molar-refractivity contribution in [3.8, 4) is 0 Å². The first-order valence-electron chi connectivity index (χ1n) is 4.49. The normalized spacial score (nSPS) is 23.0. The van der Waals surface area contributed by atoms with Crippen LogP contribution in [0.1, 0.15) is 12.5 Å². The summed E-state index contributed by atoms with van der Waals surface area (Å²) in [7, 11) is -3.51. The van der Waals surface area contributed by atoms with Gasteiger partial charge in [-0.15, -0.1) is 0 Å². The Morgan fingerprint density at radius 1 is 1.40 bits per heavy atom. The molecule has 1 aliphatic rings. The molecule has 1 atom stereocenters. The van der Waals surface area contributed by atoms with Gasteiger partial charge in [-0.05, 0) is 31.5 Å². The van der Waals surface area contributed by atoms with E-state index in [2.05, 4.69) is 10.0 Å². The Balaban J connectivity index is 2.68. The van der Waals surface area contributed by atoms with Crippen LogP contribution in [-0.4, -0.2) is 14.6 Å². The first kappa shape index (κ1) is 10.4. The molecule has 4 nitrogen and oxygen atoms in total. The van der Waals surface area contributed by atoms with Crippen LogP contribution < -0.4 is 10.0 Å². The molecule has 0 amide bonds. The van der Waals surface area contributed by atoms with Crippen LogP contribution in [0, 0.1) is 12.7 Å². The van der Waals surface area contributed by atoms with Gasteiger partial charge in [-0.1, -0.05) is 0 Å². The van der Waals surface area contributed by atoms with Crippen LogP contribution >= 0.6 is 0 Å². The van der Waals surface area contributed by atoms with Crippen LogP contribution in [0.3, 0.4) is 0 Å². The summed E-state index contributed by atoms with van der Waals surface area (Å²) < 4.78 is 39.0. The Bertz CT molecular complexity index is 513. The summed E-state index contributed by atoms with van der Waals surface area (Å²) in [5.41, 5.74) is 0.625. The number of anilines is 1. The minimum atomic E-state index is -3.51. The third kappa shape index (κ3) is 1.70. The van der Waals surface area contributed by atoms with Crippen LogP contribution in [0.2, 0.25) is 0 Å². The van der Waals surface area contributed by atoms with E-state index in [1.54, 1.807) is 6.92 Å². The highest BCUT2D eigenvalue weighted by atomic mass is 32.2. The van der Waals surface area contributed by atoms with Gasteiger partial charge in [0.1, 0.15) is 10.7 Å². The molecule has 1 heterocycles. The molecule has 82 valence electrons. The molecule has 0 saturated heterocycles. The number of halogens is 1. The van der Waals surface area contributed by atoms with Crippen molar-refractivity contribution >= 4 is 15.7 Å². The van der Waals surface area contributed by atoms with Crippen LogP contribution in [-0.2, 0) is 10.0 Å². The number of fused-ring (bicyclic) bond motifs is 1. The fourth-order valence-corrected chi connectivity index (χ4v) is 2.94. The number of aryl methyl sites for hydroxylation is 1. The molecule has 1 unspecified atom stereocenters. The van der Waals surface area contributed by atoms with Crippen LogP contribution in [0.25, 0.3) is 0 Å². The topological polar surface area (TPSA) is 58.2 Å². The Hall–Kier alpha value is -1.14. The fraction of sp³-hybridized carbons (Fsp3) is 0.333. The first-order valence-corrected chi connectivity index (χ1v) is 5.97. The Kier molecular flexibility index (Phi) is 2.20. The Morgan fingerprint density at radius 3 is 2.73 bits per heavy atom. The lowest BCUT2D eigenvalue weighted by atomic mass is 10.2. The maximum Gasteiger partial charge on any atom is 0.244 e. The second kappa shape index (κ2) is 3.18. The third-order valence-electron chi connectivity index (χ3n) is 2.25. The van der Waals surface area contributed by atoms with E-state index in [0.717, 1.165) is 0 Å². The first-order chi connectivity index (χ1) is 6.90. The molecule has 0 fully saturated rings. The molecule has 1 aromatic carbocycles. The number of hydrogen-bond acceptors (Lipinski definition) is 3.